The summed E-state index contributed by atoms with van der Waals surface area (Å²) in [5.74, 6) is -0.413. The van der Waals surface area contributed by atoms with Gasteiger partial charge in [-0.25, -0.2) is 17.2 Å². The molecule has 1 fully saturated rings. The molecule has 0 saturated heterocycles. The van der Waals surface area contributed by atoms with E-state index >= 15 is 0 Å². The normalized spacial score (nSPS) is 13.8. The Morgan fingerprint density at radius 2 is 1.85 bits per heavy atom. The maximum absolute atomic E-state index is 13.3. The third-order valence-electron chi connectivity index (χ3n) is 5.25. The number of nitrogens with zero attached hydrogens (tertiary/aromatic N) is 2. The lowest BCUT2D eigenvalue weighted by atomic mass is 10.2. The van der Waals surface area contributed by atoms with Gasteiger partial charge in [-0.2, -0.15) is 5.10 Å². The largest absolute Gasteiger partial charge is 0.497 e. The molecule has 1 aliphatic carbocycles. The molecule has 1 saturated carbocycles. The molecule has 4 rings (SSSR count). The molecule has 0 atom stereocenters. The van der Waals surface area contributed by atoms with Crippen molar-refractivity contribution in [2.24, 2.45) is 0 Å². The predicted octanol–water partition coefficient (Wildman–Crippen LogP) is 5.49. The van der Waals surface area contributed by atoms with Gasteiger partial charge in [0.1, 0.15) is 18.0 Å². The van der Waals surface area contributed by atoms with Crippen LogP contribution in [0.3, 0.4) is 0 Å². The van der Waals surface area contributed by atoms with E-state index in [0.29, 0.717) is 10.7 Å². The van der Waals surface area contributed by atoms with Crippen LogP contribution in [0.15, 0.2) is 52.3 Å². The lowest BCUT2D eigenvalue weighted by molar-refractivity contribution is -0.117. The molecule has 1 aliphatic rings. The van der Waals surface area contributed by atoms with E-state index in [1.54, 1.807) is 0 Å². The minimum absolute atomic E-state index is 0.0159. The zero-order valence-electron chi connectivity index (χ0n) is 17.8. The number of hydrogen-bond donors (Lipinski definition) is 1. The average molecular weight is 530 g/mol. The van der Waals surface area contributed by atoms with Gasteiger partial charge in [0.05, 0.1) is 27.6 Å². The minimum Gasteiger partial charge on any atom is -0.497 e. The summed E-state index contributed by atoms with van der Waals surface area (Å²) in [4.78, 5) is 12.6. The van der Waals surface area contributed by atoms with Gasteiger partial charge in [0.15, 0.2) is 0 Å². The van der Waals surface area contributed by atoms with Gasteiger partial charge in [-0.05, 0) is 49.2 Å². The molecular weight excluding hydrogens is 511 g/mol. The van der Waals surface area contributed by atoms with Crippen molar-refractivity contribution in [1.82, 2.24) is 9.78 Å². The predicted molar refractivity (Wildman–Crippen MR) is 123 cm³/mol. The van der Waals surface area contributed by atoms with Crippen molar-refractivity contribution in [3.05, 3.63) is 63.9 Å². The second-order valence-electron chi connectivity index (χ2n) is 7.72. The number of alkyl halides is 2. The van der Waals surface area contributed by atoms with Crippen molar-refractivity contribution in [3.63, 3.8) is 0 Å². The summed E-state index contributed by atoms with van der Waals surface area (Å²) in [6.45, 7) is -0.366. The molecule has 1 amide bonds. The van der Waals surface area contributed by atoms with Crippen LogP contribution in [0, 0.1) is 0 Å². The van der Waals surface area contributed by atoms with E-state index in [9.17, 15) is 22.0 Å². The minimum atomic E-state index is -3.94. The third-order valence-corrected chi connectivity index (χ3v) is 7.64. The van der Waals surface area contributed by atoms with Gasteiger partial charge < -0.3 is 10.1 Å². The third kappa shape index (κ3) is 5.03. The van der Waals surface area contributed by atoms with Crippen LogP contribution in [-0.4, -0.2) is 31.2 Å². The number of rotatable bonds is 8. The quantitative estimate of drug-likeness (QED) is 0.416. The molecule has 0 spiro atoms. The highest BCUT2D eigenvalue weighted by molar-refractivity contribution is 7.91. The molecule has 3 aromatic rings. The fourth-order valence-electron chi connectivity index (χ4n) is 3.48. The Kier molecular flexibility index (Phi) is 6.84. The Morgan fingerprint density at radius 1 is 1.18 bits per heavy atom. The Morgan fingerprint density at radius 3 is 2.44 bits per heavy atom. The van der Waals surface area contributed by atoms with Crippen LogP contribution in [0.1, 0.15) is 36.6 Å². The summed E-state index contributed by atoms with van der Waals surface area (Å²) < 4.78 is 59.0. The fraction of sp³-hybridized carbons (Fsp3) is 0.273. The number of anilines is 1. The number of benzene rings is 2. The molecule has 2 aromatic carbocycles. The second kappa shape index (κ2) is 9.52. The lowest BCUT2D eigenvalue weighted by Gasteiger charge is -2.12. The van der Waals surface area contributed by atoms with Gasteiger partial charge >= 0.3 is 0 Å². The SMILES string of the molecule is COc1cc(NC(=O)Cn2nc(C(F)F)c(Cl)c2C2CC2)cc(S(=O)(=O)c2ccc(Cl)cc2)c1. The maximum Gasteiger partial charge on any atom is 0.283 e. The highest BCUT2D eigenvalue weighted by Gasteiger charge is 2.34. The fourth-order valence-corrected chi connectivity index (χ4v) is 5.30. The Balaban J connectivity index is 1.61. The Hall–Kier alpha value is -2.69. The van der Waals surface area contributed by atoms with Crippen LogP contribution in [0.4, 0.5) is 14.5 Å². The molecule has 1 N–H and O–H groups in total. The molecular formula is C22H19Cl2F2N3O4S. The van der Waals surface area contributed by atoms with Crippen LogP contribution >= 0.6 is 23.2 Å². The molecule has 7 nitrogen and oxygen atoms in total. The Labute approximate surface area is 204 Å². The monoisotopic (exact) mass is 529 g/mol. The first kappa shape index (κ1) is 24.4. The van der Waals surface area contributed by atoms with Gasteiger partial charge in [0, 0.05) is 22.7 Å². The Bertz CT molecular complexity index is 1340. The van der Waals surface area contributed by atoms with Crippen molar-refractivity contribution in [2.45, 2.75) is 41.5 Å². The summed E-state index contributed by atoms with van der Waals surface area (Å²) in [5, 5.41) is 6.68. The molecule has 180 valence electrons. The zero-order valence-corrected chi connectivity index (χ0v) is 20.1. The first-order chi connectivity index (χ1) is 16.1. The molecule has 0 aliphatic heterocycles. The van der Waals surface area contributed by atoms with E-state index < -0.39 is 27.9 Å². The topological polar surface area (TPSA) is 90.3 Å². The molecule has 12 heteroatoms. The van der Waals surface area contributed by atoms with E-state index in [4.69, 9.17) is 27.9 Å². The zero-order chi connectivity index (χ0) is 24.6. The van der Waals surface area contributed by atoms with E-state index in [1.165, 1.54) is 54.3 Å². The van der Waals surface area contributed by atoms with Gasteiger partial charge in [0.25, 0.3) is 6.43 Å². The lowest BCUT2D eigenvalue weighted by Crippen LogP contribution is -2.21. The number of halogens is 4. The number of ether oxygens (including phenoxy) is 1. The molecule has 1 aromatic heterocycles. The molecule has 0 radical (unpaired) electrons. The highest BCUT2D eigenvalue weighted by atomic mass is 35.5. The summed E-state index contributed by atoms with van der Waals surface area (Å²) in [6, 6.07) is 9.71. The van der Waals surface area contributed by atoms with E-state index in [1.807, 2.05) is 0 Å². The van der Waals surface area contributed by atoms with Gasteiger partial charge in [-0.15, -0.1) is 0 Å². The molecule has 0 unspecified atom stereocenters. The van der Waals surface area contributed by atoms with E-state index in [0.717, 1.165) is 12.8 Å². The molecule has 0 bridgehead atoms. The number of sulfone groups is 1. The summed E-state index contributed by atoms with van der Waals surface area (Å²) in [6.07, 6.45) is -1.32. The number of nitrogens with one attached hydrogen (secondary N) is 1. The smallest absolute Gasteiger partial charge is 0.283 e. The van der Waals surface area contributed by atoms with Crippen LogP contribution in [0.5, 0.6) is 5.75 Å². The van der Waals surface area contributed by atoms with Crippen molar-refractivity contribution in [1.29, 1.82) is 0 Å². The van der Waals surface area contributed by atoms with E-state index in [2.05, 4.69) is 10.4 Å². The maximum atomic E-state index is 13.3. The number of hydrogen-bond acceptors (Lipinski definition) is 5. The number of carbonyl (C=O) groups is 1. The van der Waals surface area contributed by atoms with Gasteiger partial charge in [-0.1, -0.05) is 23.2 Å². The number of methoxy groups -OCH3 is 1. The van der Waals surface area contributed by atoms with Crippen molar-refractivity contribution in [3.8, 4) is 5.75 Å². The van der Waals surface area contributed by atoms with Crippen LogP contribution in [0.25, 0.3) is 0 Å². The van der Waals surface area contributed by atoms with Crippen LogP contribution < -0.4 is 10.1 Å². The van der Waals surface area contributed by atoms with Crippen molar-refractivity contribution >= 4 is 44.6 Å². The first-order valence-corrected chi connectivity index (χ1v) is 12.4. The highest BCUT2D eigenvalue weighted by Crippen LogP contribution is 2.45. The number of carbonyl (C=O) groups excluding carboxylic acids is 1. The molecule has 34 heavy (non-hydrogen) atoms. The van der Waals surface area contributed by atoms with E-state index in [-0.39, 0.29) is 38.7 Å². The summed E-state index contributed by atoms with van der Waals surface area (Å²) in [7, 11) is -2.58. The summed E-state index contributed by atoms with van der Waals surface area (Å²) in [5.41, 5.74) is -0.00458. The van der Waals surface area contributed by atoms with Crippen molar-refractivity contribution in [2.75, 3.05) is 12.4 Å². The second-order valence-corrected chi connectivity index (χ2v) is 10.5. The first-order valence-electron chi connectivity index (χ1n) is 10.1. The van der Waals surface area contributed by atoms with Crippen LogP contribution in [-0.2, 0) is 21.2 Å². The van der Waals surface area contributed by atoms with Gasteiger partial charge in [0.2, 0.25) is 15.7 Å². The number of amides is 1. The average Bonchev–Trinajstić information content (AvgIpc) is 3.56. The summed E-state index contributed by atoms with van der Waals surface area (Å²) >= 11 is 11.9. The molecule has 1 heterocycles. The van der Waals surface area contributed by atoms with Crippen molar-refractivity contribution < 1.29 is 26.7 Å². The van der Waals surface area contributed by atoms with Gasteiger partial charge in [-0.3, -0.25) is 9.48 Å². The number of aromatic nitrogens is 2. The van der Waals surface area contributed by atoms with Crippen LogP contribution in [0.2, 0.25) is 10.0 Å². The standard InChI is InChI=1S/C22H19Cl2F2N3O4S/c1-33-15-8-14(9-17(10-15)34(31,32)16-6-4-13(23)5-7-16)27-18(30)11-29-21(12-2-3-12)19(24)20(28-29)22(25)26/h4-10,12,22H,2-3,11H2,1H3,(H,27,30).